The zero-order chi connectivity index (χ0) is 26.5. The first-order valence-corrected chi connectivity index (χ1v) is 13.6. The summed E-state index contributed by atoms with van der Waals surface area (Å²) in [6.07, 6.45) is 0. The second-order valence-electron chi connectivity index (χ2n) is 8.56. The Kier molecular flexibility index (Phi) is 8.17. The molecule has 0 atom stereocenters. The van der Waals surface area contributed by atoms with Crippen molar-refractivity contribution in [1.29, 1.82) is 0 Å². The molecule has 2 heterocycles. The Labute approximate surface area is 233 Å². The number of piperazine rings is 1. The number of benzene rings is 3. The molecule has 1 aliphatic rings. The number of nitrogens with one attached hydrogen (secondary N) is 1. The first-order valence-electron chi connectivity index (χ1n) is 11.9. The van der Waals surface area contributed by atoms with Gasteiger partial charge in [-0.15, -0.1) is 10.2 Å². The number of hydrogen-bond donors (Lipinski definition) is 1. The van der Waals surface area contributed by atoms with Gasteiger partial charge in [0.15, 0.2) is 0 Å². The lowest BCUT2D eigenvalue weighted by Gasteiger charge is -2.36. The van der Waals surface area contributed by atoms with Crippen LogP contribution in [0.15, 0.2) is 82.4 Å². The van der Waals surface area contributed by atoms with Crippen LogP contribution in [0.4, 0.5) is 11.4 Å². The predicted octanol–water partition coefficient (Wildman–Crippen LogP) is 5.74. The summed E-state index contributed by atoms with van der Waals surface area (Å²) in [5.74, 6) is 0.282. The normalized spacial score (nSPS) is 13.4. The molecule has 4 aromatic rings. The Hall–Kier alpha value is -3.53. The number of nitrogens with zero attached hydrogens (tertiary/aromatic N) is 4. The van der Waals surface area contributed by atoms with Crippen LogP contribution in [0.1, 0.15) is 10.4 Å². The number of carbonyl (C=O) groups excluding carboxylic acids is 2. The van der Waals surface area contributed by atoms with E-state index in [1.165, 1.54) is 0 Å². The molecule has 0 radical (unpaired) electrons. The molecule has 38 heavy (non-hydrogen) atoms. The molecule has 0 spiro atoms. The minimum atomic E-state index is -0.182. The number of anilines is 2. The van der Waals surface area contributed by atoms with Gasteiger partial charge in [0.25, 0.3) is 11.1 Å². The number of aromatic nitrogens is 2. The van der Waals surface area contributed by atoms with Crippen molar-refractivity contribution < 1.29 is 14.0 Å². The van der Waals surface area contributed by atoms with Crippen molar-refractivity contribution in [2.75, 3.05) is 42.1 Å². The standard InChI is InChI=1S/C27H23Cl2N5O3S/c28-20-5-1-3-18(15-20)25-31-32-27(37-25)38-17-24(35)30-22-7-9-23(10-8-22)33-11-13-34(14-12-33)26(36)19-4-2-6-21(29)16-19/h1-10,15-16H,11-14,17H2,(H,30,35). The van der Waals surface area contributed by atoms with Gasteiger partial charge in [-0.25, -0.2) is 0 Å². The molecule has 0 aliphatic carbocycles. The highest BCUT2D eigenvalue weighted by molar-refractivity contribution is 7.99. The molecule has 5 rings (SSSR count). The third kappa shape index (κ3) is 6.48. The van der Waals surface area contributed by atoms with Crippen LogP contribution in [0.3, 0.4) is 0 Å². The Morgan fingerprint density at radius 3 is 2.32 bits per heavy atom. The minimum Gasteiger partial charge on any atom is -0.411 e. The smallest absolute Gasteiger partial charge is 0.277 e. The van der Waals surface area contributed by atoms with Crippen LogP contribution in [-0.4, -0.2) is 58.8 Å². The number of carbonyl (C=O) groups is 2. The van der Waals surface area contributed by atoms with E-state index in [-0.39, 0.29) is 17.6 Å². The second kappa shape index (κ2) is 11.9. The molecule has 1 fully saturated rings. The topological polar surface area (TPSA) is 91.6 Å². The highest BCUT2D eigenvalue weighted by atomic mass is 35.5. The molecular formula is C27H23Cl2N5O3S. The number of hydrogen-bond acceptors (Lipinski definition) is 7. The molecule has 194 valence electrons. The van der Waals surface area contributed by atoms with E-state index in [1.54, 1.807) is 42.5 Å². The van der Waals surface area contributed by atoms with Crippen molar-refractivity contribution in [2.45, 2.75) is 5.22 Å². The van der Waals surface area contributed by atoms with Crippen molar-refractivity contribution >= 4 is 58.2 Å². The Balaban J connectivity index is 1.09. The van der Waals surface area contributed by atoms with Crippen LogP contribution >= 0.6 is 35.0 Å². The van der Waals surface area contributed by atoms with E-state index in [9.17, 15) is 9.59 Å². The molecule has 8 nitrogen and oxygen atoms in total. The number of amides is 2. The van der Waals surface area contributed by atoms with Crippen molar-refractivity contribution in [1.82, 2.24) is 15.1 Å². The van der Waals surface area contributed by atoms with Crippen LogP contribution in [0, 0.1) is 0 Å². The predicted molar refractivity (Wildman–Crippen MR) is 150 cm³/mol. The van der Waals surface area contributed by atoms with Gasteiger partial charge in [-0.3, -0.25) is 9.59 Å². The van der Waals surface area contributed by atoms with Gasteiger partial charge in [-0.2, -0.15) is 0 Å². The van der Waals surface area contributed by atoms with Gasteiger partial charge in [0, 0.05) is 58.7 Å². The van der Waals surface area contributed by atoms with E-state index in [0.717, 1.165) is 36.1 Å². The molecule has 1 N–H and O–H groups in total. The van der Waals surface area contributed by atoms with Crippen LogP contribution in [0.5, 0.6) is 0 Å². The van der Waals surface area contributed by atoms with Crippen LogP contribution in [-0.2, 0) is 4.79 Å². The monoisotopic (exact) mass is 567 g/mol. The van der Waals surface area contributed by atoms with Gasteiger partial charge >= 0.3 is 0 Å². The largest absolute Gasteiger partial charge is 0.411 e. The quantitative estimate of drug-likeness (QED) is 0.285. The molecule has 0 saturated carbocycles. The third-order valence-corrected chi connectivity index (χ3v) is 7.25. The summed E-state index contributed by atoms with van der Waals surface area (Å²) in [7, 11) is 0. The summed E-state index contributed by atoms with van der Waals surface area (Å²) in [5, 5.41) is 12.3. The second-order valence-corrected chi connectivity index (χ2v) is 10.4. The Morgan fingerprint density at radius 1 is 0.895 bits per heavy atom. The highest BCUT2D eigenvalue weighted by Gasteiger charge is 2.22. The lowest BCUT2D eigenvalue weighted by molar-refractivity contribution is -0.113. The summed E-state index contributed by atoms with van der Waals surface area (Å²) in [6.45, 7) is 2.68. The zero-order valence-corrected chi connectivity index (χ0v) is 22.5. The maximum atomic E-state index is 12.8. The van der Waals surface area contributed by atoms with Crippen molar-refractivity contribution in [3.63, 3.8) is 0 Å². The molecule has 11 heteroatoms. The summed E-state index contributed by atoms with van der Waals surface area (Å²) >= 11 is 13.2. The molecular weight excluding hydrogens is 545 g/mol. The third-order valence-electron chi connectivity index (χ3n) is 5.96. The van der Waals surface area contributed by atoms with E-state index < -0.39 is 0 Å². The lowest BCUT2D eigenvalue weighted by atomic mass is 10.1. The van der Waals surface area contributed by atoms with E-state index in [0.29, 0.717) is 45.5 Å². The van der Waals surface area contributed by atoms with Crippen molar-refractivity contribution in [2.24, 2.45) is 0 Å². The van der Waals surface area contributed by atoms with Crippen molar-refractivity contribution in [3.05, 3.63) is 88.4 Å². The first-order chi connectivity index (χ1) is 18.4. The molecule has 3 aromatic carbocycles. The van der Waals surface area contributed by atoms with Gasteiger partial charge in [0.05, 0.1) is 5.75 Å². The number of rotatable bonds is 7. The minimum absolute atomic E-state index is 0.00991. The maximum Gasteiger partial charge on any atom is 0.277 e. The summed E-state index contributed by atoms with van der Waals surface area (Å²) < 4.78 is 5.63. The number of halogens is 2. The van der Waals surface area contributed by atoms with E-state index >= 15 is 0 Å². The molecule has 1 aliphatic heterocycles. The molecule has 1 saturated heterocycles. The Bertz CT molecular complexity index is 1440. The van der Waals surface area contributed by atoms with Crippen LogP contribution < -0.4 is 10.2 Å². The summed E-state index contributed by atoms with van der Waals surface area (Å²) in [5.41, 5.74) is 3.05. The fourth-order valence-corrected chi connectivity index (χ4v) is 5.00. The highest BCUT2D eigenvalue weighted by Crippen LogP contribution is 2.26. The summed E-state index contributed by atoms with van der Waals surface area (Å²) in [6, 6.07) is 21.8. The average Bonchev–Trinajstić information content (AvgIpc) is 3.41. The van der Waals surface area contributed by atoms with Gasteiger partial charge in [-0.1, -0.05) is 47.1 Å². The van der Waals surface area contributed by atoms with E-state index in [1.807, 2.05) is 35.2 Å². The Morgan fingerprint density at radius 2 is 1.61 bits per heavy atom. The average molecular weight is 568 g/mol. The maximum absolute atomic E-state index is 12.8. The zero-order valence-electron chi connectivity index (χ0n) is 20.1. The first kappa shape index (κ1) is 26.1. The van der Waals surface area contributed by atoms with Crippen LogP contribution in [0.25, 0.3) is 11.5 Å². The van der Waals surface area contributed by atoms with Gasteiger partial charge in [-0.05, 0) is 60.7 Å². The lowest BCUT2D eigenvalue weighted by Crippen LogP contribution is -2.48. The molecule has 0 unspecified atom stereocenters. The van der Waals surface area contributed by atoms with E-state index in [2.05, 4.69) is 20.4 Å². The fourth-order valence-electron chi connectivity index (χ4n) is 4.06. The molecule has 0 bridgehead atoms. The number of thioether (sulfide) groups is 1. The van der Waals surface area contributed by atoms with E-state index in [4.69, 9.17) is 27.6 Å². The SMILES string of the molecule is O=C(CSc1nnc(-c2cccc(Cl)c2)o1)Nc1ccc(N2CCN(C(=O)c3cccc(Cl)c3)CC2)cc1. The molecule has 1 aromatic heterocycles. The van der Waals surface area contributed by atoms with Gasteiger partial charge in [0.2, 0.25) is 11.8 Å². The van der Waals surface area contributed by atoms with Gasteiger partial charge in [0.1, 0.15) is 0 Å². The summed E-state index contributed by atoms with van der Waals surface area (Å²) in [4.78, 5) is 29.3. The molecule has 2 amide bonds. The van der Waals surface area contributed by atoms with Crippen molar-refractivity contribution in [3.8, 4) is 11.5 Å². The van der Waals surface area contributed by atoms with Crippen LogP contribution in [0.2, 0.25) is 10.0 Å². The van der Waals surface area contributed by atoms with Gasteiger partial charge < -0.3 is 19.5 Å². The fraction of sp³-hybridized carbons (Fsp3) is 0.185.